The predicted octanol–water partition coefficient (Wildman–Crippen LogP) is 0.122. The maximum Gasteiger partial charge on any atom is 0.0778 e. The molecule has 70 valence electrons. The lowest BCUT2D eigenvalue weighted by Crippen LogP contribution is -2.24. The molecule has 1 atom stereocenters. The quantitative estimate of drug-likeness (QED) is 0.513. The average Bonchev–Trinajstić information content (AvgIpc) is 2.75. The van der Waals surface area contributed by atoms with E-state index in [0.29, 0.717) is 6.04 Å². The summed E-state index contributed by atoms with van der Waals surface area (Å²) in [6.45, 7) is 1.58. The first-order chi connectivity index (χ1) is 6.45. The number of nitrogens with one attached hydrogen (secondary N) is 2. The van der Waals surface area contributed by atoms with Crippen LogP contribution in [0.5, 0.6) is 0 Å². The van der Waals surface area contributed by atoms with Crippen LogP contribution in [0, 0.1) is 0 Å². The van der Waals surface area contributed by atoms with Gasteiger partial charge in [-0.3, -0.25) is 5.10 Å². The van der Waals surface area contributed by atoms with Gasteiger partial charge in [0.2, 0.25) is 0 Å². The zero-order valence-electron chi connectivity index (χ0n) is 7.23. The highest BCUT2D eigenvalue weighted by Gasteiger charge is 2.13. The lowest BCUT2D eigenvalue weighted by molar-refractivity contribution is 0.190. The molecular formula is C8H12N4O. The minimum Gasteiger partial charge on any atom is -0.379 e. The second kappa shape index (κ2) is 4.04. The Balaban J connectivity index is 1.78. The first kappa shape index (κ1) is 8.25. The summed E-state index contributed by atoms with van der Waals surface area (Å²) >= 11 is 0. The first-order valence-corrected chi connectivity index (χ1v) is 4.31. The van der Waals surface area contributed by atoms with Crippen LogP contribution < -0.4 is 5.43 Å². The van der Waals surface area contributed by atoms with Gasteiger partial charge >= 0.3 is 0 Å². The summed E-state index contributed by atoms with van der Waals surface area (Å²) < 4.78 is 5.19. The molecule has 0 spiro atoms. The summed E-state index contributed by atoms with van der Waals surface area (Å²) in [6.07, 6.45) is 4.44. The smallest absolute Gasteiger partial charge is 0.0778 e. The fraction of sp³-hybridized carbons (Fsp3) is 0.500. The van der Waals surface area contributed by atoms with Gasteiger partial charge in [0.15, 0.2) is 0 Å². The molecule has 1 unspecified atom stereocenters. The largest absolute Gasteiger partial charge is 0.379 e. The third-order valence-corrected chi connectivity index (χ3v) is 1.91. The lowest BCUT2D eigenvalue weighted by Gasteiger charge is -2.04. The monoisotopic (exact) mass is 180 g/mol. The van der Waals surface area contributed by atoms with Crippen LogP contribution in [0.4, 0.5) is 0 Å². The number of hydrogen-bond donors (Lipinski definition) is 2. The molecule has 2 heterocycles. The van der Waals surface area contributed by atoms with E-state index >= 15 is 0 Å². The molecule has 0 amide bonds. The molecule has 0 saturated carbocycles. The Kier molecular flexibility index (Phi) is 2.56. The summed E-state index contributed by atoms with van der Waals surface area (Å²) in [7, 11) is 0. The lowest BCUT2D eigenvalue weighted by atomic mass is 10.3. The van der Waals surface area contributed by atoms with Gasteiger partial charge < -0.3 is 10.2 Å². The molecule has 1 aromatic rings. The number of aromatic nitrogens is 2. The van der Waals surface area contributed by atoms with Crippen LogP contribution in [0.1, 0.15) is 12.1 Å². The number of H-pyrrole nitrogens is 1. The standard InChI is InChI=1S/C8H12N4O/c1-3-9-11-7(1)5-10-12-8-2-4-13-6-8/h1,3,5,8,12H,2,4,6H2,(H,9,11)/b10-5+. The van der Waals surface area contributed by atoms with Crippen LogP contribution in [-0.2, 0) is 4.74 Å². The summed E-state index contributed by atoms with van der Waals surface area (Å²) in [6, 6.07) is 2.22. The van der Waals surface area contributed by atoms with E-state index < -0.39 is 0 Å². The third kappa shape index (κ3) is 2.29. The molecule has 0 bridgehead atoms. The third-order valence-electron chi connectivity index (χ3n) is 1.91. The maximum atomic E-state index is 5.19. The van der Waals surface area contributed by atoms with Crippen molar-refractivity contribution in [3.63, 3.8) is 0 Å². The van der Waals surface area contributed by atoms with Gasteiger partial charge in [-0.1, -0.05) is 0 Å². The molecule has 1 aromatic heterocycles. The van der Waals surface area contributed by atoms with E-state index in [2.05, 4.69) is 20.7 Å². The fourth-order valence-electron chi connectivity index (χ4n) is 1.19. The molecule has 2 rings (SSSR count). The van der Waals surface area contributed by atoms with Crippen molar-refractivity contribution in [2.45, 2.75) is 12.5 Å². The van der Waals surface area contributed by atoms with Crippen LogP contribution in [0.2, 0.25) is 0 Å². The van der Waals surface area contributed by atoms with Crippen molar-refractivity contribution >= 4 is 6.21 Å². The molecule has 1 aliphatic rings. The fourth-order valence-corrected chi connectivity index (χ4v) is 1.19. The Morgan fingerprint density at radius 3 is 3.46 bits per heavy atom. The summed E-state index contributed by atoms with van der Waals surface area (Å²) in [5, 5.41) is 10.7. The van der Waals surface area contributed by atoms with E-state index in [1.165, 1.54) is 0 Å². The molecule has 0 aromatic carbocycles. The van der Waals surface area contributed by atoms with Crippen molar-refractivity contribution in [3.05, 3.63) is 18.0 Å². The van der Waals surface area contributed by atoms with E-state index in [9.17, 15) is 0 Å². The molecule has 13 heavy (non-hydrogen) atoms. The topological polar surface area (TPSA) is 62.3 Å². The molecule has 0 aliphatic carbocycles. The van der Waals surface area contributed by atoms with Gasteiger partial charge in [0.25, 0.3) is 0 Å². The molecular weight excluding hydrogens is 168 g/mol. The first-order valence-electron chi connectivity index (χ1n) is 4.31. The Labute approximate surface area is 76.2 Å². The Hall–Kier alpha value is -1.36. The van der Waals surface area contributed by atoms with Gasteiger partial charge in [-0.05, 0) is 12.5 Å². The number of aromatic amines is 1. The van der Waals surface area contributed by atoms with E-state index in [-0.39, 0.29) is 0 Å². The summed E-state index contributed by atoms with van der Waals surface area (Å²) in [5.41, 5.74) is 3.91. The molecule has 0 radical (unpaired) electrons. The van der Waals surface area contributed by atoms with Gasteiger partial charge in [0.05, 0.1) is 24.6 Å². The van der Waals surface area contributed by atoms with E-state index in [0.717, 1.165) is 25.3 Å². The van der Waals surface area contributed by atoms with Crippen molar-refractivity contribution < 1.29 is 4.74 Å². The van der Waals surface area contributed by atoms with Crippen LogP contribution in [0.15, 0.2) is 17.4 Å². The van der Waals surface area contributed by atoms with E-state index in [1.807, 2.05) is 6.07 Å². The van der Waals surface area contributed by atoms with Gasteiger partial charge in [0, 0.05) is 12.8 Å². The zero-order chi connectivity index (χ0) is 8.93. The van der Waals surface area contributed by atoms with Crippen LogP contribution in [-0.4, -0.2) is 35.7 Å². The number of hydrogen-bond acceptors (Lipinski definition) is 4. The zero-order valence-corrected chi connectivity index (χ0v) is 7.23. The van der Waals surface area contributed by atoms with Crippen LogP contribution >= 0.6 is 0 Å². The minimum absolute atomic E-state index is 0.360. The Morgan fingerprint density at radius 2 is 2.77 bits per heavy atom. The van der Waals surface area contributed by atoms with Crippen molar-refractivity contribution in [1.82, 2.24) is 15.6 Å². The minimum atomic E-state index is 0.360. The highest BCUT2D eigenvalue weighted by Crippen LogP contribution is 2.02. The molecule has 5 heteroatoms. The van der Waals surface area contributed by atoms with Crippen LogP contribution in [0.25, 0.3) is 0 Å². The summed E-state index contributed by atoms with van der Waals surface area (Å²) in [4.78, 5) is 0. The highest BCUT2D eigenvalue weighted by molar-refractivity contribution is 5.76. The Bertz CT molecular complexity index is 264. The average molecular weight is 180 g/mol. The van der Waals surface area contributed by atoms with Crippen molar-refractivity contribution in [2.24, 2.45) is 5.10 Å². The van der Waals surface area contributed by atoms with Gasteiger partial charge in [-0.25, -0.2) is 0 Å². The van der Waals surface area contributed by atoms with E-state index in [4.69, 9.17) is 4.74 Å². The Morgan fingerprint density at radius 1 is 1.77 bits per heavy atom. The SMILES string of the molecule is C(=N\NC1CCOC1)/c1ccn[nH]1. The van der Waals surface area contributed by atoms with Crippen LogP contribution in [0.3, 0.4) is 0 Å². The number of hydrazone groups is 1. The molecule has 5 nitrogen and oxygen atoms in total. The van der Waals surface area contributed by atoms with E-state index in [1.54, 1.807) is 12.4 Å². The molecule has 1 saturated heterocycles. The van der Waals surface area contributed by atoms with Crippen molar-refractivity contribution in [1.29, 1.82) is 0 Å². The van der Waals surface area contributed by atoms with Gasteiger partial charge in [0.1, 0.15) is 0 Å². The maximum absolute atomic E-state index is 5.19. The molecule has 1 aliphatic heterocycles. The number of nitrogens with zero attached hydrogens (tertiary/aromatic N) is 2. The van der Waals surface area contributed by atoms with Gasteiger partial charge in [-0.2, -0.15) is 10.2 Å². The number of ether oxygens (including phenoxy) is 1. The molecule has 1 fully saturated rings. The number of rotatable bonds is 3. The predicted molar refractivity (Wildman–Crippen MR) is 48.5 cm³/mol. The normalized spacial score (nSPS) is 22.6. The van der Waals surface area contributed by atoms with Gasteiger partial charge in [-0.15, -0.1) is 0 Å². The summed E-state index contributed by atoms with van der Waals surface area (Å²) in [5.74, 6) is 0. The molecule has 2 N–H and O–H groups in total. The second-order valence-electron chi connectivity index (χ2n) is 2.96. The second-order valence-corrected chi connectivity index (χ2v) is 2.96. The van der Waals surface area contributed by atoms with Crippen molar-refractivity contribution in [3.8, 4) is 0 Å². The highest BCUT2D eigenvalue weighted by atomic mass is 16.5. The van der Waals surface area contributed by atoms with Crippen molar-refractivity contribution in [2.75, 3.05) is 13.2 Å².